The average molecular weight is 464 g/mol. The van der Waals surface area contributed by atoms with Crippen molar-refractivity contribution in [1.82, 2.24) is 5.43 Å². The highest BCUT2D eigenvalue weighted by molar-refractivity contribution is 6.30. The summed E-state index contributed by atoms with van der Waals surface area (Å²) < 4.78 is 11.0. The van der Waals surface area contributed by atoms with Crippen molar-refractivity contribution in [3.63, 3.8) is 0 Å². The van der Waals surface area contributed by atoms with E-state index in [2.05, 4.69) is 39.7 Å². The zero-order valence-electron chi connectivity index (χ0n) is 18.5. The molecule has 0 radical (unpaired) electrons. The lowest BCUT2D eigenvalue weighted by atomic mass is 10.0. The quantitative estimate of drug-likeness (QED) is 0.384. The minimum atomic E-state index is -0.347. The van der Waals surface area contributed by atoms with Crippen LogP contribution in [0, 0.1) is 0 Å². The normalized spacial score (nSPS) is 13.0. The highest BCUT2D eigenvalue weighted by Crippen LogP contribution is 2.30. The second-order valence-electron chi connectivity index (χ2n) is 7.76. The monoisotopic (exact) mass is 463 g/mol. The molecule has 0 saturated heterocycles. The molecule has 3 aromatic rings. The number of hydrogen-bond donors (Lipinski definition) is 1. The first-order valence-corrected chi connectivity index (χ1v) is 11.2. The van der Waals surface area contributed by atoms with Crippen LogP contribution in [0.4, 0.5) is 5.69 Å². The van der Waals surface area contributed by atoms with Crippen molar-refractivity contribution in [1.29, 1.82) is 0 Å². The fraction of sp³-hybridized carbons (Fsp3) is 0.231. The molecule has 0 saturated carbocycles. The fourth-order valence-electron chi connectivity index (χ4n) is 3.87. The molecule has 7 heteroatoms. The second-order valence-corrected chi connectivity index (χ2v) is 8.20. The molecule has 33 heavy (non-hydrogen) atoms. The number of anilines is 1. The number of carbonyl (C=O) groups is 1. The maximum atomic E-state index is 12.0. The van der Waals surface area contributed by atoms with Crippen LogP contribution in [0.5, 0.6) is 11.5 Å². The maximum absolute atomic E-state index is 12.0. The number of fused-ring (bicyclic) bond motifs is 1. The number of benzene rings is 3. The second kappa shape index (κ2) is 10.9. The van der Waals surface area contributed by atoms with Gasteiger partial charge in [-0.25, -0.2) is 5.43 Å². The fourth-order valence-corrected chi connectivity index (χ4v) is 4.00. The summed E-state index contributed by atoms with van der Waals surface area (Å²) in [6.07, 6.45) is 3.86. The molecule has 3 aromatic carbocycles. The maximum Gasteiger partial charge on any atom is 0.277 e. The van der Waals surface area contributed by atoms with Crippen LogP contribution in [0.15, 0.2) is 71.8 Å². The van der Waals surface area contributed by atoms with Gasteiger partial charge < -0.3 is 14.4 Å². The summed E-state index contributed by atoms with van der Waals surface area (Å²) in [5.41, 5.74) is 7.08. The lowest BCUT2D eigenvalue weighted by Crippen LogP contribution is -2.29. The summed E-state index contributed by atoms with van der Waals surface area (Å²) in [4.78, 5) is 14.4. The number of para-hydroxylation sites is 1. The van der Waals surface area contributed by atoms with E-state index in [-0.39, 0.29) is 12.5 Å². The predicted molar refractivity (Wildman–Crippen MR) is 131 cm³/mol. The number of hydrazone groups is 1. The first kappa shape index (κ1) is 22.7. The lowest BCUT2D eigenvalue weighted by molar-refractivity contribution is -0.123. The van der Waals surface area contributed by atoms with Crippen molar-refractivity contribution >= 4 is 29.4 Å². The van der Waals surface area contributed by atoms with Crippen LogP contribution in [0.25, 0.3) is 0 Å². The number of ether oxygens (including phenoxy) is 2. The zero-order valence-corrected chi connectivity index (χ0v) is 19.2. The number of amides is 1. The number of methoxy groups -OCH3 is 1. The molecule has 0 bridgehead atoms. The van der Waals surface area contributed by atoms with Gasteiger partial charge in [0.2, 0.25) is 0 Å². The van der Waals surface area contributed by atoms with Gasteiger partial charge in [-0.2, -0.15) is 5.10 Å². The molecule has 1 amide bonds. The molecular weight excluding hydrogens is 438 g/mol. The molecule has 4 rings (SSSR count). The standard InChI is InChI=1S/C26H26ClN3O3/c1-32-25-13-8-19(16-28-29-26(31)18-33-23-11-9-22(27)10-12-23)15-21(25)17-30-14-4-6-20-5-2-3-7-24(20)30/h2-3,5,7-13,15-16H,4,6,14,17-18H2,1H3,(H,29,31)/b28-16+. The Hall–Kier alpha value is -3.51. The molecule has 0 aromatic heterocycles. The SMILES string of the molecule is COc1ccc(/C=N/NC(=O)COc2ccc(Cl)cc2)cc1CN1CCCc2ccccc21. The van der Waals surface area contributed by atoms with Gasteiger partial charge in [0.1, 0.15) is 11.5 Å². The molecule has 1 heterocycles. The van der Waals surface area contributed by atoms with Crippen LogP contribution < -0.4 is 19.8 Å². The van der Waals surface area contributed by atoms with Gasteiger partial charge in [-0.15, -0.1) is 0 Å². The number of hydrogen-bond acceptors (Lipinski definition) is 5. The summed E-state index contributed by atoms with van der Waals surface area (Å²) >= 11 is 5.84. The molecule has 0 atom stereocenters. The van der Waals surface area contributed by atoms with Crippen LogP contribution in [-0.4, -0.2) is 32.4 Å². The van der Waals surface area contributed by atoms with E-state index in [1.54, 1.807) is 37.6 Å². The first-order valence-electron chi connectivity index (χ1n) is 10.8. The Morgan fingerprint density at radius 1 is 1.15 bits per heavy atom. The summed E-state index contributed by atoms with van der Waals surface area (Å²) in [5, 5.41) is 4.68. The highest BCUT2D eigenvalue weighted by Gasteiger charge is 2.18. The van der Waals surface area contributed by atoms with Crippen molar-refractivity contribution < 1.29 is 14.3 Å². The third kappa shape index (κ3) is 6.05. The topological polar surface area (TPSA) is 63.2 Å². The van der Waals surface area contributed by atoms with Crippen LogP contribution in [0.3, 0.4) is 0 Å². The Morgan fingerprint density at radius 2 is 1.97 bits per heavy atom. The lowest BCUT2D eigenvalue weighted by Gasteiger charge is -2.31. The van der Waals surface area contributed by atoms with E-state index < -0.39 is 0 Å². The van der Waals surface area contributed by atoms with Crippen molar-refractivity contribution in [3.8, 4) is 11.5 Å². The number of aryl methyl sites for hydroxylation is 1. The van der Waals surface area contributed by atoms with Crippen molar-refractivity contribution in [2.45, 2.75) is 19.4 Å². The summed E-state index contributed by atoms with van der Waals surface area (Å²) in [7, 11) is 1.68. The molecule has 0 aliphatic carbocycles. The van der Waals surface area contributed by atoms with Crippen LogP contribution in [-0.2, 0) is 17.8 Å². The van der Waals surface area contributed by atoms with E-state index in [4.69, 9.17) is 21.1 Å². The van der Waals surface area contributed by atoms with E-state index in [1.807, 2.05) is 18.2 Å². The van der Waals surface area contributed by atoms with Gasteiger partial charge >= 0.3 is 0 Å². The Labute approximate surface area is 198 Å². The molecule has 0 spiro atoms. The van der Waals surface area contributed by atoms with Gasteiger partial charge in [0, 0.05) is 29.4 Å². The Bertz CT molecular complexity index is 1130. The third-order valence-electron chi connectivity index (χ3n) is 5.46. The van der Waals surface area contributed by atoms with Crippen molar-refractivity contribution in [3.05, 3.63) is 88.4 Å². The van der Waals surface area contributed by atoms with E-state index in [9.17, 15) is 4.79 Å². The smallest absolute Gasteiger partial charge is 0.277 e. The number of halogens is 1. The third-order valence-corrected chi connectivity index (χ3v) is 5.71. The van der Waals surface area contributed by atoms with Crippen molar-refractivity contribution in [2.75, 3.05) is 25.2 Å². The summed E-state index contributed by atoms with van der Waals surface area (Å²) in [6.45, 7) is 1.60. The van der Waals surface area contributed by atoms with E-state index in [1.165, 1.54) is 11.3 Å². The van der Waals surface area contributed by atoms with E-state index >= 15 is 0 Å². The van der Waals surface area contributed by atoms with Crippen LogP contribution in [0.1, 0.15) is 23.1 Å². The number of nitrogens with one attached hydrogen (secondary N) is 1. The Kier molecular flexibility index (Phi) is 7.47. The molecule has 0 unspecified atom stereocenters. The number of carbonyl (C=O) groups excluding carboxylic acids is 1. The van der Waals surface area contributed by atoms with Crippen molar-refractivity contribution in [2.24, 2.45) is 5.10 Å². The highest BCUT2D eigenvalue weighted by atomic mass is 35.5. The minimum absolute atomic E-state index is 0.138. The molecule has 1 aliphatic heterocycles. The van der Waals surface area contributed by atoms with Gasteiger partial charge in [-0.1, -0.05) is 29.8 Å². The Morgan fingerprint density at radius 3 is 2.79 bits per heavy atom. The zero-order chi connectivity index (χ0) is 23.0. The van der Waals surface area contributed by atoms with Crippen LogP contribution in [0.2, 0.25) is 5.02 Å². The Balaban J connectivity index is 1.38. The molecule has 6 nitrogen and oxygen atoms in total. The molecule has 170 valence electrons. The predicted octanol–water partition coefficient (Wildman–Crippen LogP) is 4.83. The van der Waals surface area contributed by atoms with Gasteiger partial charge in [-0.05, 0) is 72.5 Å². The van der Waals surface area contributed by atoms with Gasteiger partial charge in [0.05, 0.1) is 13.3 Å². The van der Waals surface area contributed by atoms with E-state index in [0.717, 1.165) is 42.8 Å². The molecule has 0 fully saturated rings. The molecule has 1 N–H and O–H groups in total. The minimum Gasteiger partial charge on any atom is -0.496 e. The molecular formula is C26H26ClN3O3. The number of rotatable bonds is 8. The first-order chi connectivity index (χ1) is 16.1. The van der Waals surface area contributed by atoms with E-state index in [0.29, 0.717) is 10.8 Å². The summed E-state index contributed by atoms with van der Waals surface area (Å²) in [6, 6.07) is 21.2. The molecule has 1 aliphatic rings. The van der Waals surface area contributed by atoms with Gasteiger partial charge in [0.15, 0.2) is 6.61 Å². The number of nitrogens with zero attached hydrogens (tertiary/aromatic N) is 2. The van der Waals surface area contributed by atoms with Gasteiger partial charge in [0.25, 0.3) is 5.91 Å². The average Bonchev–Trinajstić information content (AvgIpc) is 2.84. The van der Waals surface area contributed by atoms with Crippen LogP contribution >= 0.6 is 11.6 Å². The van der Waals surface area contributed by atoms with Gasteiger partial charge in [-0.3, -0.25) is 4.79 Å². The summed E-state index contributed by atoms with van der Waals surface area (Å²) in [5.74, 6) is 1.05. The largest absolute Gasteiger partial charge is 0.496 e.